The Morgan fingerprint density at radius 3 is 2.80 bits per heavy atom. The van der Waals surface area contributed by atoms with Crippen LogP contribution < -0.4 is 5.32 Å². The van der Waals surface area contributed by atoms with Crippen molar-refractivity contribution in [1.82, 2.24) is 0 Å². The van der Waals surface area contributed by atoms with Crippen LogP contribution in [0.25, 0.3) is 0 Å². The highest BCUT2D eigenvalue weighted by Crippen LogP contribution is 2.13. The van der Waals surface area contributed by atoms with Crippen LogP contribution in [-0.2, 0) is 11.2 Å². The largest absolute Gasteiger partial charge is 0.326 e. The first-order valence-corrected chi connectivity index (χ1v) is 7.80. The maximum Gasteiger partial charge on any atom is 0.224 e. The first-order valence-electron chi connectivity index (χ1n) is 7.80. The molecule has 0 radical (unpaired) electrons. The Hall–Kier alpha value is -1.57. The smallest absolute Gasteiger partial charge is 0.224 e. The maximum absolute atomic E-state index is 11.8. The average Bonchev–Trinajstić information content (AvgIpc) is 2.44. The molecule has 0 spiro atoms. The summed E-state index contributed by atoms with van der Waals surface area (Å²) in [7, 11) is 0. The zero-order chi connectivity index (χ0) is 14.6. The molecule has 110 valence electrons. The van der Waals surface area contributed by atoms with Crippen molar-refractivity contribution in [3.8, 4) is 0 Å². The molecule has 1 N–H and O–H groups in total. The van der Waals surface area contributed by atoms with Crippen molar-refractivity contribution in [2.45, 2.75) is 58.8 Å². The summed E-state index contributed by atoms with van der Waals surface area (Å²) in [6.07, 6.45) is 11.5. The van der Waals surface area contributed by atoms with Crippen molar-refractivity contribution in [2.24, 2.45) is 0 Å². The second-order valence-electron chi connectivity index (χ2n) is 5.12. The molecule has 0 saturated carbocycles. The number of carbonyl (C=O) groups excluding carboxylic acids is 1. The molecule has 0 saturated heterocycles. The molecule has 0 aliphatic carbocycles. The summed E-state index contributed by atoms with van der Waals surface area (Å²) < 4.78 is 0. The number of rotatable bonds is 9. The molecular formula is C18H27NO. The second-order valence-corrected chi connectivity index (χ2v) is 5.12. The van der Waals surface area contributed by atoms with E-state index in [0.717, 1.165) is 44.2 Å². The van der Waals surface area contributed by atoms with Gasteiger partial charge in [0.05, 0.1) is 0 Å². The molecule has 1 amide bonds. The molecule has 0 unspecified atom stereocenters. The van der Waals surface area contributed by atoms with Crippen LogP contribution in [0.5, 0.6) is 0 Å². The number of allylic oxidation sites excluding steroid dienone is 2. The number of amides is 1. The van der Waals surface area contributed by atoms with Gasteiger partial charge in [-0.15, -0.1) is 0 Å². The number of aryl methyl sites for hydroxylation is 1. The van der Waals surface area contributed by atoms with Gasteiger partial charge in [-0.2, -0.15) is 0 Å². The van der Waals surface area contributed by atoms with E-state index in [1.807, 2.05) is 12.1 Å². The summed E-state index contributed by atoms with van der Waals surface area (Å²) in [5, 5.41) is 2.99. The third kappa shape index (κ3) is 7.13. The lowest BCUT2D eigenvalue weighted by molar-refractivity contribution is -0.116. The van der Waals surface area contributed by atoms with Crippen LogP contribution in [0, 0.1) is 0 Å². The SMILES string of the molecule is CCC=CCCc1cccc(NC(=O)CCCCC)c1. The summed E-state index contributed by atoms with van der Waals surface area (Å²) in [6.45, 7) is 4.29. The lowest BCUT2D eigenvalue weighted by Crippen LogP contribution is -2.11. The average molecular weight is 273 g/mol. The highest BCUT2D eigenvalue weighted by Gasteiger charge is 2.02. The molecule has 1 aromatic rings. The van der Waals surface area contributed by atoms with E-state index < -0.39 is 0 Å². The molecule has 1 rings (SSSR count). The van der Waals surface area contributed by atoms with E-state index in [0.29, 0.717) is 6.42 Å². The van der Waals surface area contributed by atoms with Gasteiger partial charge in [-0.3, -0.25) is 4.79 Å². The summed E-state index contributed by atoms with van der Waals surface area (Å²) in [6, 6.07) is 8.17. The minimum absolute atomic E-state index is 0.126. The molecule has 2 heteroatoms. The maximum atomic E-state index is 11.8. The second kappa shape index (κ2) is 10.2. The number of unbranched alkanes of at least 4 members (excludes halogenated alkanes) is 2. The Bertz CT molecular complexity index is 423. The molecule has 0 heterocycles. The van der Waals surface area contributed by atoms with Gasteiger partial charge < -0.3 is 5.32 Å². The Morgan fingerprint density at radius 1 is 1.20 bits per heavy atom. The Kier molecular flexibility index (Phi) is 8.44. The van der Waals surface area contributed by atoms with Crippen LogP contribution in [0.3, 0.4) is 0 Å². The Balaban J connectivity index is 2.42. The number of hydrogen-bond donors (Lipinski definition) is 1. The highest BCUT2D eigenvalue weighted by atomic mass is 16.1. The fourth-order valence-corrected chi connectivity index (χ4v) is 2.10. The number of nitrogens with one attached hydrogen (secondary N) is 1. The van der Waals surface area contributed by atoms with Gasteiger partial charge in [0.25, 0.3) is 0 Å². The van der Waals surface area contributed by atoms with Crippen molar-refractivity contribution < 1.29 is 4.79 Å². The zero-order valence-corrected chi connectivity index (χ0v) is 12.8. The van der Waals surface area contributed by atoms with E-state index >= 15 is 0 Å². The van der Waals surface area contributed by atoms with Crippen LogP contribution in [0.1, 0.15) is 57.9 Å². The lowest BCUT2D eigenvalue weighted by Gasteiger charge is -2.07. The van der Waals surface area contributed by atoms with E-state index in [2.05, 4.69) is 43.4 Å². The number of benzene rings is 1. The van der Waals surface area contributed by atoms with Gasteiger partial charge >= 0.3 is 0 Å². The van der Waals surface area contributed by atoms with E-state index in [1.54, 1.807) is 0 Å². The molecule has 0 bridgehead atoms. The third-order valence-electron chi connectivity index (χ3n) is 3.22. The molecule has 0 atom stereocenters. The van der Waals surface area contributed by atoms with Gasteiger partial charge in [0, 0.05) is 12.1 Å². The molecule has 2 nitrogen and oxygen atoms in total. The van der Waals surface area contributed by atoms with Crippen molar-refractivity contribution in [3.63, 3.8) is 0 Å². The Labute approximate surface area is 123 Å². The molecule has 0 aliphatic rings. The Morgan fingerprint density at radius 2 is 2.05 bits per heavy atom. The molecule has 0 aliphatic heterocycles. The quantitative estimate of drug-likeness (QED) is 0.492. The fraction of sp³-hybridized carbons (Fsp3) is 0.500. The first-order chi connectivity index (χ1) is 9.76. The first kappa shape index (κ1) is 16.5. The molecule has 20 heavy (non-hydrogen) atoms. The van der Waals surface area contributed by atoms with Gasteiger partial charge in [0.15, 0.2) is 0 Å². The van der Waals surface area contributed by atoms with Crippen LogP contribution in [-0.4, -0.2) is 5.91 Å². The fourth-order valence-electron chi connectivity index (χ4n) is 2.10. The molecule has 0 aromatic heterocycles. The lowest BCUT2D eigenvalue weighted by atomic mass is 10.1. The van der Waals surface area contributed by atoms with E-state index in [-0.39, 0.29) is 5.91 Å². The van der Waals surface area contributed by atoms with Gasteiger partial charge in [0.1, 0.15) is 0 Å². The van der Waals surface area contributed by atoms with Gasteiger partial charge in [-0.25, -0.2) is 0 Å². The van der Waals surface area contributed by atoms with Gasteiger partial charge in [-0.05, 0) is 43.4 Å². The van der Waals surface area contributed by atoms with Gasteiger partial charge in [0.2, 0.25) is 5.91 Å². The summed E-state index contributed by atoms with van der Waals surface area (Å²) in [5.41, 5.74) is 2.19. The van der Waals surface area contributed by atoms with Crippen molar-refractivity contribution in [3.05, 3.63) is 42.0 Å². The summed E-state index contributed by atoms with van der Waals surface area (Å²) in [5.74, 6) is 0.126. The van der Waals surface area contributed by atoms with Crippen molar-refractivity contribution in [1.29, 1.82) is 0 Å². The third-order valence-corrected chi connectivity index (χ3v) is 3.22. The zero-order valence-electron chi connectivity index (χ0n) is 12.8. The number of anilines is 1. The predicted octanol–water partition coefficient (Wildman–Crippen LogP) is 5.10. The minimum atomic E-state index is 0.126. The van der Waals surface area contributed by atoms with E-state index in [1.165, 1.54) is 5.56 Å². The van der Waals surface area contributed by atoms with Crippen LogP contribution in [0.4, 0.5) is 5.69 Å². The topological polar surface area (TPSA) is 29.1 Å². The highest BCUT2D eigenvalue weighted by molar-refractivity contribution is 5.90. The molecule has 0 fully saturated rings. The minimum Gasteiger partial charge on any atom is -0.326 e. The summed E-state index contributed by atoms with van der Waals surface area (Å²) in [4.78, 5) is 11.8. The van der Waals surface area contributed by atoms with Crippen LogP contribution in [0.15, 0.2) is 36.4 Å². The predicted molar refractivity (Wildman–Crippen MR) is 87.0 cm³/mol. The number of hydrogen-bond acceptors (Lipinski definition) is 1. The van der Waals surface area contributed by atoms with Crippen LogP contribution >= 0.6 is 0 Å². The molecule has 1 aromatic carbocycles. The summed E-state index contributed by atoms with van der Waals surface area (Å²) >= 11 is 0. The standard InChI is InChI=1S/C18H27NO/c1-3-5-7-9-11-16-12-10-13-17(15-16)19-18(20)14-8-6-4-2/h5,7,10,12-13,15H,3-4,6,8-9,11,14H2,1-2H3,(H,19,20). The normalized spacial score (nSPS) is 10.9. The van der Waals surface area contributed by atoms with Crippen molar-refractivity contribution in [2.75, 3.05) is 5.32 Å². The molecular weight excluding hydrogens is 246 g/mol. The number of carbonyl (C=O) groups is 1. The van der Waals surface area contributed by atoms with E-state index in [4.69, 9.17) is 0 Å². The van der Waals surface area contributed by atoms with Crippen LogP contribution in [0.2, 0.25) is 0 Å². The van der Waals surface area contributed by atoms with Crippen molar-refractivity contribution >= 4 is 11.6 Å². The van der Waals surface area contributed by atoms with Gasteiger partial charge in [-0.1, -0.05) is 51.0 Å². The van der Waals surface area contributed by atoms with E-state index in [9.17, 15) is 4.79 Å². The monoisotopic (exact) mass is 273 g/mol.